The van der Waals surface area contributed by atoms with Crippen LogP contribution in [0.3, 0.4) is 0 Å². The minimum Gasteiger partial charge on any atom is -0.454 e. The Morgan fingerprint density at radius 1 is 1.17 bits per heavy atom. The molecule has 3 aliphatic rings. The van der Waals surface area contributed by atoms with Gasteiger partial charge in [0.05, 0.1) is 6.07 Å². The van der Waals surface area contributed by atoms with Crippen LogP contribution < -0.4 is 19.3 Å². The Labute approximate surface area is 179 Å². The number of nitrogens with one attached hydrogen (secondary N) is 2. The van der Waals surface area contributed by atoms with Gasteiger partial charge in [-0.2, -0.15) is 5.26 Å². The molecule has 7 heteroatoms. The fraction of sp³-hybridized carbons (Fsp3) is 0.652. The molecule has 1 aromatic rings. The summed E-state index contributed by atoms with van der Waals surface area (Å²) in [7, 11) is 1.84. The van der Waals surface area contributed by atoms with Crippen molar-refractivity contribution in [2.75, 3.05) is 40.0 Å². The molecule has 2 fully saturated rings. The summed E-state index contributed by atoms with van der Waals surface area (Å²) in [5, 5.41) is 9.82. The number of hydrogen-bond acceptors (Lipinski definition) is 4. The van der Waals surface area contributed by atoms with Gasteiger partial charge >= 0.3 is 0 Å². The van der Waals surface area contributed by atoms with Gasteiger partial charge in [-0.3, -0.25) is 4.79 Å². The zero-order valence-corrected chi connectivity index (χ0v) is 18.2. The first-order chi connectivity index (χ1) is 14.5. The molecule has 0 unspecified atom stereocenters. The molecule has 30 heavy (non-hydrogen) atoms. The van der Waals surface area contributed by atoms with Gasteiger partial charge in [0.2, 0.25) is 6.79 Å². The molecule has 162 valence electrons. The molecule has 1 saturated heterocycles. The minimum absolute atomic E-state index is 0.103. The number of ether oxygens (including phenoxy) is 2. The van der Waals surface area contributed by atoms with Crippen molar-refractivity contribution >= 4 is 5.91 Å². The topological polar surface area (TPSA) is 71.4 Å². The van der Waals surface area contributed by atoms with Gasteiger partial charge in [-0.05, 0) is 38.0 Å². The molecular weight excluding hydrogens is 380 g/mol. The average molecular weight is 415 g/mol. The summed E-state index contributed by atoms with van der Waals surface area (Å²) in [6.45, 7) is 7.32. The molecule has 1 atom stereocenters. The van der Waals surface area contributed by atoms with Gasteiger partial charge in [-0.25, -0.2) is 0 Å². The molecule has 0 radical (unpaired) electrons. The highest BCUT2D eigenvalue weighted by Gasteiger charge is 2.42. The molecule has 0 bridgehead atoms. The van der Waals surface area contributed by atoms with Crippen LogP contribution in [0.2, 0.25) is 0 Å². The van der Waals surface area contributed by atoms with E-state index in [9.17, 15) is 10.1 Å². The lowest BCUT2D eigenvalue weighted by molar-refractivity contribution is -1.02. The van der Waals surface area contributed by atoms with E-state index in [0.29, 0.717) is 6.79 Å². The first kappa shape index (κ1) is 21.0. The van der Waals surface area contributed by atoms with E-state index in [1.807, 2.05) is 20.0 Å². The summed E-state index contributed by atoms with van der Waals surface area (Å²) in [4.78, 5) is 17.9. The van der Waals surface area contributed by atoms with Crippen molar-refractivity contribution in [3.05, 3.63) is 23.8 Å². The number of likely N-dealkylation sites (N-methyl/N-ethyl adjacent to an activating group) is 1. The number of fused-ring (bicyclic) bond motifs is 1. The van der Waals surface area contributed by atoms with Crippen LogP contribution in [0.25, 0.3) is 0 Å². The molecule has 0 spiro atoms. The first-order valence-electron chi connectivity index (χ1n) is 11.3. The van der Waals surface area contributed by atoms with Crippen LogP contribution in [-0.4, -0.2) is 62.4 Å². The monoisotopic (exact) mass is 414 g/mol. The number of amides is 1. The summed E-state index contributed by atoms with van der Waals surface area (Å²) < 4.78 is 10.9. The Bertz CT molecular complexity index is 807. The van der Waals surface area contributed by atoms with E-state index in [4.69, 9.17) is 9.47 Å². The van der Waals surface area contributed by atoms with Gasteiger partial charge in [0.15, 0.2) is 17.5 Å². The van der Waals surface area contributed by atoms with Crippen molar-refractivity contribution in [1.29, 1.82) is 5.26 Å². The van der Waals surface area contributed by atoms with E-state index in [1.54, 1.807) is 4.90 Å². The van der Waals surface area contributed by atoms with Gasteiger partial charge in [0.1, 0.15) is 38.3 Å². The molecule has 1 saturated carbocycles. The Morgan fingerprint density at radius 3 is 2.57 bits per heavy atom. The van der Waals surface area contributed by atoms with E-state index < -0.39 is 5.54 Å². The number of hydrogen-bond donors (Lipinski definition) is 2. The minimum atomic E-state index is -0.602. The summed E-state index contributed by atoms with van der Waals surface area (Å²) in [6, 6.07) is 8.57. The second-order valence-corrected chi connectivity index (χ2v) is 9.10. The van der Waals surface area contributed by atoms with Crippen LogP contribution in [0.4, 0.5) is 0 Å². The van der Waals surface area contributed by atoms with Gasteiger partial charge in [-0.15, -0.1) is 0 Å². The molecule has 7 nitrogen and oxygen atoms in total. The third-order valence-electron chi connectivity index (χ3n) is 7.33. The third-order valence-corrected chi connectivity index (χ3v) is 7.33. The number of rotatable bonds is 5. The number of benzene rings is 1. The van der Waals surface area contributed by atoms with E-state index in [0.717, 1.165) is 69.9 Å². The molecule has 0 aromatic heterocycles. The quantitative estimate of drug-likeness (QED) is 0.699. The van der Waals surface area contributed by atoms with Crippen molar-refractivity contribution in [1.82, 2.24) is 4.90 Å². The zero-order valence-electron chi connectivity index (χ0n) is 18.2. The Hall–Kier alpha value is -2.30. The summed E-state index contributed by atoms with van der Waals surface area (Å²) in [6.07, 6.45) is 4.85. The van der Waals surface area contributed by atoms with Crippen LogP contribution in [0, 0.1) is 11.3 Å². The van der Waals surface area contributed by atoms with Gasteiger partial charge in [0.25, 0.3) is 5.91 Å². The number of piperazine rings is 1. The predicted molar refractivity (Wildman–Crippen MR) is 111 cm³/mol. The highest BCUT2D eigenvalue weighted by Crippen LogP contribution is 2.33. The fourth-order valence-corrected chi connectivity index (χ4v) is 5.21. The van der Waals surface area contributed by atoms with Crippen LogP contribution in [0.5, 0.6) is 11.5 Å². The Balaban J connectivity index is 1.31. The van der Waals surface area contributed by atoms with Crippen LogP contribution >= 0.6 is 0 Å². The highest BCUT2D eigenvalue weighted by molar-refractivity contribution is 5.81. The molecule has 2 heterocycles. The maximum absolute atomic E-state index is 13.2. The van der Waals surface area contributed by atoms with Gasteiger partial charge < -0.3 is 24.2 Å². The smallest absolute Gasteiger partial charge is 0.281 e. The Kier molecular flexibility index (Phi) is 6.16. The second-order valence-electron chi connectivity index (χ2n) is 9.10. The number of quaternary nitrogens is 2. The molecule has 1 amide bonds. The normalized spacial score (nSPS) is 25.9. The number of nitriles is 1. The standard InChI is InChI=1S/C23H32N4O3/c1-18(22(28)25(2)23(16-24)8-4-3-5-9-23)27-12-10-26(11-13-27)15-19-6-7-20-21(14-19)30-17-29-20/h6-7,14,18H,3-5,8-13,15,17H2,1-2H3/p+2/t18-/m0/s1. The molecule has 1 aliphatic carbocycles. The zero-order chi connectivity index (χ0) is 21.1. The number of carbonyl (C=O) groups is 1. The highest BCUT2D eigenvalue weighted by atomic mass is 16.7. The largest absolute Gasteiger partial charge is 0.454 e. The second kappa shape index (κ2) is 8.83. The molecule has 4 rings (SSSR count). The lowest BCUT2D eigenvalue weighted by atomic mass is 9.81. The number of nitrogens with zero attached hydrogens (tertiary/aromatic N) is 2. The molecule has 1 aromatic carbocycles. The lowest BCUT2D eigenvalue weighted by Crippen LogP contribution is -3.29. The summed E-state index contributed by atoms with van der Waals surface area (Å²) >= 11 is 0. The molecular formula is C23H34N4O3+2. The van der Waals surface area contributed by atoms with Crippen molar-refractivity contribution in [2.24, 2.45) is 0 Å². The fourth-order valence-electron chi connectivity index (χ4n) is 5.21. The van der Waals surface area contributed by atoms with Crippen molar-refractivity contribution < 1.29 is 24.1 Å². The Morgan fingerprint density at radius 2 is 1.87 bits per heavy atom. The van der Waals surface area contributed by atoms with E-state index >= 15 is 0 Å². The van der Waals surface area contributed by atoms with Gasteiger partial charge in [-0.1, -0.05) is 19.3 Å². The van der Waals surface area contributed by atoms with E-state index in [1.165, 1.54) is 21.8 Å². The van der Waals surface area contributed by atoms with E-state index in [-0.39, 0.29) is 11.9 Å². The molecule has 2 N–H and O–H groups in total. The van der Waals surface area contributed by atoms with Gasteiger partial charge in [0, 0.05) is 12.6 Å². The van der Waals surface area contributed by atoms with Crippen LogP contribution in [0.1, 0.15) is 44.6 Å². The maximum atomic E-state index is 13.2. The average Bonchev–Trinajstić information content (AvgIpc) is 3.26. The van der Waals surface area contributed by atoms with Crippen molar-refractivity contribution in [2.45, 2.75) is 57.2 Å². The van der Waals surface area contributed by atoms with Crippen LogP contribution in [0.15, 0.2) is 18.2 Å². The third kappa shape index (κ3) is 4.12. The van der Waals surface area contributed by atoms with Crippen molar-refractivity contribution in [3.63, 3.8) is 0 Å². The van der Waals surface area contributed by atoms with Crippen LogP contribution in [-0.2, 0) is 11.3 Å². The summed E-state index contributed by atoms with van der Waals surface area (Å²) in [5.74, 6) is 1.79. The molecule has 2 aliphatic heterocycles. The van der Waals surface area contributed by atoms with Crippen molar-refractivity contribution in [3.8, 4) is 17.6 Å². The number of carbonyl (C=O) groups excluding carboxylic acids is 1. The predicted octanol–water partition coefficient (Wildman–Crippen LogP) is -0.228. The maximum Gasteiger partial charge on any atom is 0.281 e. The first-order valence-corrected chi connectivity index (χ1v) is 11.3. The lowest BCUT2D eigenvalue weighted by Gasteiger charge is -2.41. The summed E-state index contributed by atoms with van der Waals surface area (Å²) in [5.41, 5.74) is 0.657. The SMILES string of the molecule is C[C@@H](C(=O)N(C)C1(C#N)CCCCC1)[NH+]1CC[NH+](Cc2ccc3c(c2)OCO3)CC1. The van der Waals surface area contributed by atoms with E-state index in [2.05, 4.69) is 18.2 Å².